The number of para-hydroxylation sites is 1. The van der Waals surface area contributed by atoms with Crippen LogP contribution in [0.1, 0.15) is 12.5 Å². The second-order valence-electron chi connectivity index (χ2n) is 7.84. The predicted molar refractivity (Wildman–Crippen MR) is 139 cm³/mol. The maximum absolute atomic E-state index is 13.7. The van der Waals surface area contributed by atoms with Gasteiger partial charge >= 0.3 is 6.09 Å². The SMILES string of the molecule is CCOC(=O)Nc1nc(-c2ccccc2)c(-c2nc3ccccc3c(=O)n2-c2ccc(C)cc2)s1. The monoisotopic (exact) mass is 482 g/mol. The highest BCUT2D eigenvalue weighted by Crippen LogP contribution is 2.39. The molecule has 5 rings (SSSR count). The number of rotatable bonds is 5. The molecule has 35 heavy (non-hydrogen) atoms. The Bertz CT molecular complexity index is 1570. The molecule has 0 unspecified atom stereocenters. The van der Waals surface area contributed by atoms with Gasteiger partial charge in [-0.3, -0.25) is 14.7 Å². The van der Waals surface area contributed by atoms with Crippen LogP contribution in [0, 0.1) is 6.92 Å². The Morgan fingerprint density at radius 2 is 1.69 bits per heavy atom. The van der Waals surface area contributed by atoms with Crippen molar-refractivity contribution in [1.82, 2.24) is 14.5 Å². The van der Waals surface area contributed by atoms with E-state index >= 15 is 0 Å². The van der Waals surface area contributed by atoms with E-state index in [0.717, 1.165) is 11.1 Å². The Kier molecular flexibility index (Phi) is 6.12. The van der Waals surface area contributed by atoms with Crippen molar-refractivity contribution >= 4 is 33.5 Å². The van der Waals surface area contributed by atoms with E-state index in [0.29, 0.717) is 38.1 Å². The molecule has 174 valence electrons. The molecule has 2 heterocycles. The zero-order valence-corrected chi connectivity index (χ0v) is 20.0. The average Bonchev–Trinajstić information content (AvgIpc) is 3.29. The second kappa shape index (κ2) is 9.52. The predicted octanol–water partition coefficient (Wildman–Crippen LogP) is 6.05. The highest BCUT2D eigenvalue weighted by atomic mass is 32.1. The van der Waals surface area contributed by atoms with Gasteiger partial charge in [0, 0.05) is 5.56 Å². The molecule has 0 fully saturated rings. The van der Waals surface area contributed by atoms with Crippen molar-refractivity contribution in [3.63, 3.8) is 0 Å². The number of hydrogen-bond donors (Lipinski definition) is 1. The standard InChI is InChI=1S/C27H22N4O3S/c1-3-34-27(33)30-26-29-22(18-9-5-4-6-10-18)23(35-26)24-28-21-12-8-7-11-20(21)25(32)31(24)19-15-13-17(2)14-16-19/h4-16H,3H2,1-2H3,(H,29,30,33). The first-order valence-electron chi connectivity index (χ1n) is 11.1. The molecule has 0 saturated carbocycles. The molecular weight excluding hydrogens is 460 g/mol. The average molecular weight is 483 g/mol. The van der Waals surface area contributed by atoms with Crippen molar-refractivity contribution in [2.75, 3.05) is 11.9 Å². The van der Waals surface area contributed by atoms with E-state index in [2.05, 4.69) is 10.3 Å². The summed E-state index contributed by atoms with van der Waals surface area (Å²) in [6.45, 7) is 3.98. The number of ether oxygens (including phenoxy) is 1. The number of benzene rings is 3. The van der Waals surface area contributed by atoms with Crippen molar-refractivity contribution in [1.29, 1.82) is 0 Å². The Morgan fingerprint density at radius 1 is 0.971 bits per heavy atom. The second-order valence-corrected chi connectivity index (χ2v) is 8.84. The first-order chi connectivity index (χ1) is 17.0. The number of thiazole rings is 1. The van der Waals surface area contributed by atoms with Crippen molar-refractivity contribution in [2.45, 2.75) is 13.8 Å². The van der Waals surface area contributed by atoms with Crippen LogP contribution >= 0.6 is 11.3 Å². The van der Waals surface area contributed by atoms with E-state index in [4.69, 9.17) is 9.72 Å². The fraction of sp³-hybridized carbons (Fsp3) is 0.111. The highest BCUT2D eigenvalue weighted by Gasteiger charge is 2.23. The van der Waals surface area contributed by atoms with Crippen molar-refractivity contribution in [3.8, 4) is 27.6 Å². The van der Waals surface area contributed by atoms with E-state index < -0.39 is 6.09 Å². The Morgan fingerprint density at radius 3 is 2.43 bits per heavy atom. The number of nitrogens with one attached hydrogen (secondary N) is 1. The highest BCUT2D eigenvalue weighted by molar-refractivity contribution is 7.19. The van der Waals surface area contributed by atoms with Gasteiger partial charge in [0.15, 0.2) is 11.0 Å². The van der Waals surface area contributed by atoms with E-state index in [-0.39, 0.29) is 12.2 Å². The summed E-state index contributed by atoms with van der Waals surface area (Å²) in [6, 6.07) is 24.6. The lowest BCUT2D eigenvalue weighted by atomic mass is 10.1. The molecule has 7 nitrogen and oxygen atoms in total. The van der Waals surface area contributed by atoms with Crippen LogP contribution in [-0.4, -0.2) is 27.2 Å². The zero-order chi connectivity index (χ0) is 24.4. The smallest absolute Gasteiger partial charge is 0.413 e. The molecule has 5 aromatic rings. The minimum Gasteiger partial charge on any atom is -0.450 e. The molecule has 0 aliphatic rings. The van der Waals surface area contributed by atoms with Gasteiger partial charge in [0.05, 0.1) is 28.9 Å². The third-order valence-corrected chi connectivity index (χ3v) is 6.40. The number of anilines is 1. The van der Waals surface area contributed by atoms with E-state index in [1.165, 1.54) is 11.3 Å². The lowest BCUT2D eigenvalue weighted by molar-refractivity contribution is 0.168. The zero-order valence-electron chi connectivity index (χ0n) is 19.2. The fourth-order valence-corrected chi connectivity index (χ4v) is 4.74. The molecule has 0 bridgehead atoms. The summed E-state index contributed by atoms with van der Waals surface area (Å²) >= 11 is 1.25. The Labute approximate surface area is 205 Å². The van der Waals surface area contributed by atoms with Crippen LogP contribution in [0.4, 0.5) is 9.93 Å². The Hall–Kier alpha value is -4.30. The first-order valence-corrected chi connectivity index (χ1v) is 12.0. The summed E-state index contributed by atoms with van der Waals surface area (Å²) in [7, 11) is 0. The number of amides is 1. The first kappa shape index (κ1) is 22.5. The fourth-order valence-electron chi connectivity index (χ4n) is 3.79. The van der Waals surface area contributed by atoms with Gasteiger partial charge in [-0.2, -0.15) is 0 Å². The molecule has 1 amide bonds. The summed E-state index contributed by atoms with van der Waals surface area (Å²) in [5.41, 5.74) is 3.64. The molecule has 1 N–H and O–H groups in total. The third-order valence-electron chi connectivity index (χ3n) is 5.43. The number of hydrogen-bond acceptors (Lipinski definition) is 6. The summed E-state index contributed by atoms with van der Waals surface area (Å²) in [5.74, 6) is 0.450. The van der Waals surface area contributed by atoms with Crippen LogP contribution in [0.3, 0.4) is 0 Å². The lowest BCUT2D eigenvalue weighted by Gasteiger charge is -2.14. The molecule has 3 aromatic carbocycles. The van der Waals surface area contributed by atoms with Gasteiger partial charge < -0.3 is 4.74 Å². The third kappa shape index (κ3) is 4.43. The molecule has 0 saturated heterocycles. The van der Waals surface area contributed by atoms with Crippen LogP contribution in [0.5, 0.6) is 0 Å². The molecular formula is C27H22N4O3S. The van der Waals surface area contributed by atoms with Gasteiger partial charge in [-0.15, -0.1) is 0 Å². The Balaban J connectivity index is 1.80. The number of fused-ring (bicyclic) bond motifs is 1. The van der Waals surface area contributed by atoms with Gasteiger partial charge in [-0.05, 0) is 38.1 Å². The summed E-state index contributed by atoms with van der Waals surface area (Å²) in [6.07, 6.45) is -0.588. The molecule has 8 heteroatoms. The number of nitrogens with zero attached hydrogens (tertiary/aromatic N) is 3. The van der Waals surface area contributed by atoms with Crippen molar-refractivity contribution < 1.29 is 9.53 Å². The molecule has 2 aromatic heterocycles. The number of aromatic nitrogens is 3. The van der Waals surface area contributed by atoms with Crippen LogP contribution in [0.2, 0.25) is 0 Å². The minimum absolute atomic E-state index is 0.179. The van der Waals surface area contributed by atoms with Crippen molar-refractivity contribution in [3.05, 3.63) is 94.8 Å². The quantitative estimate of drug-likeness (QED) is 0.329. The van der Waals surface area contributed by atoms with Crippen LogP contribution in [-0.2, 0) is 4.74 Å². The molecule has 0 aliphatic carbocycles. The van der Waals surface area contributed by atoms with Gasteiger partial charge in [0.2, 0.25) is 0 Å². The van der Waals surface area contributed by atoms with E-state index in [1.807, 2.05) is 79.7 Å². The summed E-state index contributed by atoms with van der Waals surface area (Å²) < 4.78 is 6.64. The largest absolute Gasteiger partial charge is 0.450 e. The van der Waals surface area contributed by atoms with Crippen LogP contribution in [0.25, 0.3) is 38.5 Å². The maximum Gasteiger partial charge on any atom is 0.413 e. The van der Waals surface area contributed by atoms with Crippen LogP contribution in [0.15, 0.2) is 83.7 Å². The van der Waals surface area contributed by atoms with Crippen LogP contribution < -0.4 is 10.9 Å². The van der Waals surface area contributed by atoms with Gasteiger partial charge in [-0.1, -0.05) is 71.5 Å². The molecule has 0 spiro atoms. The van der Waals surface area contributed by atoms with Gasteiger partial charge in [0.1, 0.15) is 4.88 Å². The molecule has 0 aliphatic heterocycles. The van der Waals surface area contributed by atoms with Gasteiger partial charge in [0.25, 0.3) is 5.56 Å². The number of carbonyl (C=O) groups is 1. The topological polar surface area (TPSA) is 86.1 Å². The van der Waals surface area contributed by atoms with E-state index in [1.54, 1.807) is 17.6 Å². The lowest BCUT2D eigenvalue weighted by Crippen LogP contribution is -2.21. The summed E-state index contributed by atoms with van der Waals surface area (Å²) in [5, 5.41) is 3.57. The summed E-state index contributed by atoms with van der Waals surface area (Å²) in [4.78, 5) is 36.1. The normalized spacial score (nSPS) is 10.9. The van der Waals surface area contributed by atoms with E-state index in [9.17, 15) is 9.59 Å². The number of carbonyl (C=O) groups excluding carboxylic acids is 1. The van der Waals surface area contributed by atoms with Gasteiger partial charge in [-0.25, -0.2) is 14.8 Å². The molecule has 0 radical (unpaired) electrons. The van der Waals surface area contributed by atoms with Crippen molar-refractivity contribution in [2.24, 2.45) is 0 Å². The minimum atomic E-state index is -0.588. The molecule has 0 atom stereocenters. The number of aryl methyl sites for hydroxylation is 1. The maximum atomic E-state index is 13.7.